The number of halogens is 1. The second-order valence-corrected chi connectivity index (χ2v) is 7.53. The summed E-state index contributed by atoms with van der Waals surface area (Å²) in [6.45, 7) is 0.602. The lowest BCUT2D eigenvalue weighted by Gasteiger charge is -2.23. The molecule has 154 valence electrons. The molecule has 1 aliphatic rings. The van der Waals surface area contributed by atoms with Crippen molar-refractivity contribution in [3.8, 4) is 0 Å². The van der Waals surface area contributed by atoms with Crippen LogP contribution in [0.25, 0.3) is 0 Å². The molecule has 1 saturated carbocycles. The molecule has 2 N–H and O–H groups in total. The highest BCUT2D eigenvalue weighted by Gasteiger charge is 2.16. The van der Waals surface area contributed by atoms with E-state index >= 15 is 0 Å². The van der Waals surface area contributed by atoms with Crippen LogP contribution >= 0.6 is 11.6 Å². The quantitative estimate of drug-likeness (QED) is 0.388. The molecule has 1 aromatic carbocycles. The van der Waals surface area contributed by atoms with Crippen molar-refractivity contribution in [2.75, 3.05) is 13.6 Å². The maximum Gasteiger partial charge on any atom is 0.315 e. The minimum Gasteiger partial charge on any atom is -0.341 e. The van der Waals surface area contributed by atoms with Crippen LogP contribution in [0.4, 0.5) is 10.5 Å². The number of nitro groups is 1. The third-order valence-corrected chi connectivity index (χ3v) is 5.24. The third kappa shape index (κ3) is 6.99. The SMILES string of the molecule is CN(Cc1cc([N+](=O)[O-])ccc1Cl)C(=O)CCCNC(=O)NC1CCCCC1. The van der Waals surface area contributed by atoms with Crippen molar-refractivity contribution in [2.45, 2.75) is 57.5 Å². The summed E-state index contributed by atoms with van der Waals surface area (Å²) >= 11 is 6.08. The van der Waals surface area contributed by atoms with Crippen LogP contribution in [0, 0.1) is 10.1 Å². The fraction of sp³-hybridized carbons (Fsp3) is 0.579. The van der Waals surface area contributed by atoms with Gasteiger partial charge in [-0.3, -0.25) is 14.9 Å². The lowest BCUT2D eigenvalue weighted by Crippen LogP contribution is -2.43. The lowest BCUT2D eigenvalue weighted by molar-refractivity contribution is -0.384. The molecule has 1 aliphatic carbocycles. The lowest BCUT2D eigenvalue weighted by atomic mass is 9.96. The predicted octanol–water partition coefficient (Wildman–Crippen LogP) is 3.62. The van der Waals surface area contributed by atoms with Crippen molar-refractivity contribution >= 4 is 29.2 Å². The van der Waals surface area contributed by atoms with Gasteiger partial charge in [0.2, 0.25) is 5.91 Å². The van der Waals surface area contributed by atoms with Crippen LogP contribution in [-0.2, 0) is 11.3 Å². The van der Waals surface area contributed by atoms with E-state index in [4.69, 9.17) is 11.6 Å². The van der Waals surface area contributed by atoms with Crippen LogP contribution in [0.15, 0.2) is 18.2 Å². The molecule has 28 heavy (non-hydrogen) atoms. The summed E-state index contributed by atoms with van der Waals surface area (Å²) in [5, 5.41) is 17.0. The summed E-state index contributed by atoms with van der Waals surface area (Å²) in [6, 6.07) is 4.24. The Morgan fingerprint density at radius 2 is 2.00 bits per heavy atom. The van der Waals surface area contributed by atoms with Gasteiger partial charge in [-0.05, 0) is 30.9 Å². The Hall–Kier alpha value is -2.35. The van der Waals surface area contributed by atoms with Crippen LogP contribution in [0.1, 0.15) is 50.5 Å². The van der Waals surface area contributed by atoms with E-state index in [0.29, 0.717) is 23.6 Å². The van der Waals surface area contributed by atoms with Gasteiger partial charge in [0.05, 0.1) is 4.92 Å². The molecule has 9 heteroatoms. The molecule has 8 nitrogen and oxygen atoms in total. The van der Waals surface area contributed by atoms with Crippen LogP contribution < -0.4 is 10.6 Å². The zero-order valence-electron chi connectivity index (χ0n) is 16.1. The molecule has 0 aromatic heterocycles. The first-order chi connectivity index (χ1) is 13.4. The second-order valence-electron chi connectivity index (χ2n) is 7.12. The molecule has 0 aliphatic heterocycles. The topological polar surface area (TPSA) is 105 Å². The first kappa shape index (κ1) is 21.9. The Labute approximate surface area is 169 Å². The van der Waals surface area contributed by atoms with Crippen molar-refractivity contribution in [2.24, 2.45) is 0 Å². The molecule has 0 heterocycles. The van der Waals surface area contributed by atoms with Crippen LogP contribution in [0.5, 0.6) is 0 Å². The van der Waals surface area contributed by atoms with Gasteiger partial charge in [0.1, 0.15) is 0 Å². The first-order valence-corrected chi connectivity index (χ1v) is 9.95. The molecular weight excluding hydrogens is 384 g/mol. The number of hydrogen-bond donors (Lipinski definition) is 2. The maximum atomic E-state index is 12.3. The normalized spacial score (nSPS) is 14.4. The number of hydrogen-bond acceptors (Lipinski definition) is 4. The monoisotopic (exact) mass is 410 g/mol. The van der Waals surface area contributed by atoms with Gasteiger partial charge in [0, 0.05) is 49.8 Å². The fourth-order valence-electron chi connectivity index (χ4n) is 3.26. The molecule has 2 rings (SSSR count). The largest absolute Gasteiger partial charge is 0.341 e. The van der Waals surface area contributed by atoms with E-state index < -0.39 is 4.92 Å². The summed E-state index contributed by atoms with van der Waals surface area (Å²) in [4.78, 5) is 36.0. The molecule has 3 amide bonds. The Bertz CT molecular complexity index is 707. The average molecular weight is 411 g/mol. The minimum atomic E-state index is -0.494. The van der Waals surface area contributed by atoms with Gasteiger partial charge in [-0.25, -0.2) is 4.79 Å². The van der Waals surface area contributed by atoms with Crippen molar-refractivity contribution in [1.82, 2.24) is 15.5 Å². The summed E-state index contributed by atoms with van der Waals surface area (Å²) in [7, 11) is 1.63. The summed E-state index contributed by atoms with van der Waals surface area (Å²) in [6.07, 6.45) is 6.38. The van der Waals surface area contributed by atoms with Crippen molar-refractivity contribution in [3.63, 3.8) is 0 Å². The number of rotatable bonds is 8. The van der Waals surface area contributed by atoms with Crippen molar-refractivity contribution in [3.05, 3.63) is 38.9 Å². The highest BCUT2D eigenvalue weighted by Crippen LogP contribution is 2.23. The van der Waals surface area contributed by atoms with E-state index in [1.165, 1.54) is 29.5 Å². The molecule has 1 aromatic rings. The number of urea groups is 1. The number of nitro benzene ring substituents is 1. The van der Waals surface area contributed by atoms with Crippen LogP contribution in [0.3, 0.4) is 0 Å². The molecule has 0 unspecified atom stereocenters. The predicted molar refractivity (Wildman–Crippen MR) is 107 cm³/mol. The summed E-state index contributed by atoms with van der Waals surface area (Å²) in [5.41, 5.74) is 0.463. The number of nitrogens with zero attached hydrogens (tertiary/aromatic N) is 2. The van der Waals surface area contributed by atoms with E-state index in [0.717, 1.165) is 25.7 Å². The summed E-state index contributed by atoms with van der Waals surface area (Å²) in [5.74, 6) is -0.114. The van der Waals surface area contributed by atoms with Gasteiger partial charge in [-0.15, -0.1) is 0 Å². The van der Waals surface area contributed by atoms with Gasteiger partial charge in [-0.1, -0.05) is 30.9 Å². The van der Waals surface area contributed by atoms with E-state index in [2.05, 4.69) is 10.6 Å². The van der Waals surface area contributed by atoms with Gasteiger partial charge >= 0.3 is 6.03 Å². The molecular formula is C19H27ClN4O4. The van der Waals surface area contributed by atoms with E-state index in [1.807, 2.05) is 0 Å². The zero-order chi connectivity index (χ0) is 20.5. The first-order valence-electron chi connectivity index (χ1n) is 9.58. The van der Waals surface area contributed by atoms with Crippen LogP contribution in [-0.4, -0.2) is 41.4 Å². The van der Waals surface area contributed by atoms with Crippen LogP contribution in [0.2, 0.25) is 5.02 Å². The van der Waals surface area contributed by atoms with E-state index in [-0.39, 0.29) is 36.6 Å². The zero-order valence-corrected chi connectivity index (χ0v) is 16.8. The third-order valence-electron chi connectivity index (χ3n) is 4.87. The number of amides is 3. The molecule has 1 fully saturated rings. The Balaban J connectivity index is 1.70. The number of benzene rings is 1. The van der Waals surface area contributed by atoms with Gasteiger partial charge in [0.25, 0.3) is 5.69 Å². The number of carbonyl (C=O) groups is 2. The Kier molecular flexibility index (Phi) is 8.50. The maximum absolute atomic E-state index is 12.3. The van der Waals surface area contributed by atoms with Crippen molar-refractivity contribution in [1.29, 1.82) is 0 Å². The highest BCUT2D eigenvalue weighted by atomic mass is 35.5. The molecule has 0 bridgehead atoms. The Morgan fingerprint density at radius 3 is 2.68 bits per heavy atom. The van der Waals surface area contributed by atoms with Gasteiger partial charge in [-0.2, -0.15) is 0 Å². The number of carbonyl (C=O) groups excluding carboxylic acids is 2. The average Bonchev–Trinajstić information content (AvgIpc) is 2.67. The van der Waals surface area contributed by atoms with Gasteiger partial charge in [0.15, 0.2) is 0 Å². The Morgan fingerprint density at radius 1 is 1.29 bits per heavy atom. The molecule has 0 atom stereocenters. The fourth-order valence-corrected chi connectivity index (χ4v) is 3.43. The standard InChI is InChI=1S/C19H27ClN4O4/c1-23(13-14-12-16(24(27)28)9-10-17(14)20)18(25)8-5-11-21-19(26)22-15-6-3-2-4-7-15/h9-10,12,15H,2-8,11,13H2,1H3,(H2,21,22,26). The molecule has 0 radical (unpaired) electrons. The van der Waals surface area contributed by atoms with Crippen molar-refractivity contribution < 1.29 is 14.5 Å². The number of non-ortho nitro benzene ring substituents is 1. The second kappa shape index (κ2) is 10.8. The van der Waals surface area contributed by atoms with E-state index in [1.54, 1.807) is 7.05 Å². The minimum absolute atomic E-state index is 0.0616. The number of nitrogens with one attached hydrogen (secondary N) is 2. The molecule has 0 saturated heterocycles. The van der Waals surface area contributed by atoms with Gasteiger partial charge < -0.3 is 15.5 Å². The smallest absolute Gasteiger partial charge is 0.315 e. The van der Waals surface area contributed by atoms with E-state index in [9.17, 15) is 19.7 Å². The highest BCUT2D eigenvalue weighted by molar-refractivity contribution is 6.31. The summed E-state index contributed by atoms with van der Waals surface area (Å²) < 4.78 is 0. The molecule has 0 spiro atoms.